The molecule has 6 nitrogen and oxygen atoms in total. The number of carbonyl (C=O) groups excluding carboxylic acids is 1. The molecule has 0 saturated heterocycles. The molecule has 1 heterocycles. The van der Waals surface area contributed by atoms with Crippen LogP contribution in [0.3, 0.4) is 0 Å². The molecule has 1 unspecified atom stereocenters. The van der Waals surface area contributed by atoms with Gasteiger partial charge in [0.2, 0.25) is 0 Å². The van der Waals surface area contributed by atoms with E-state index in [1.807, 2.05) is 49.4 Å². The fraction of sp³-hybridized carbons (Fsp3) is 0.286. The van der Waals surface area contributed by atoms with Crippen LogP contribution in [0.5, 0.6) is 0 Å². The Morgan fingerprint density at radius 2 is 1.78 bits per heavy atom. The summed E-state index contributed by atoms with van der Waals surface area (Å²) >= 11 is 0. The van der Waals surface area contributed by atoms with Gasteiger partial charge in [-0.15, -0.1) is 0 Å². The van der Waals surface area contributed by atoms with E-state index in [1.54, 1.807) is 19.1 Å². The van der Waals surface area contributed by atoms with E-state index in [2.05, 4.69) is 5.16 Å². The van der Waals surface area contributed by atoms with Crippen LogP contribution in [0, 0.1) is 0 Å². The number of benzene rings is 2. The van der Waals surface area contributed by atoms with Crippen molar-refractivity contribution in [3.8, 4) is 0 Å². The van der Waals surface area contributed by atoms with Gasteiger partial charge in [-0.25, -0.2) is 9.59 Å². The number of oxime groups is 1. The van der Waals surface area contributed by atoms with E-state index >= 15 is 0 Å². The molecule has 2 aromatic rings. The number of carboxylic acid groups (broad SMARTS) is 1. The lowest BCUT2D eigenvalue weighted by Crippen LogP contribution is -2.16. The van der Waals surface area contributed by atoms with Crippen LogP contribution < -0.4 is 0 Å². The van der Waals surface area contributed by atoms with Gasteiger partial charge in [0.15, 0.2) is 11.8 Å². The van der Waals surface area contributed by atoms with Crippen molar-refractivity contribution in [2.45, 2.75) is 32.8 Å². The van der Waals surface area contributed by atoms with Gasteiger partial charge in [0.25, 0.3) is 0 Å². The maximum Gasteiger partial charge on any atom is 0.356 e. The van der Waals surface area contributed by atoms with E-state index in [1.165, 1.54) is 0 Å². The van der Waals surface area contributed by atoms with Gasteiger partial charge >= 0.3 is 11.9 Å². The lowest BCUT2D eigenvalue weighted by atomic mass is 10.0. The highest BCUT2D eigenvalue weighted by atomic mass is 16.6. The highest BCUT2D eigenvalue weighted by molar-refractivity contribution is 6.36. The second kappa shape index (κ2) is 10.1. The number of ether oxygens (including phenoxy) is 1. The number of hydrogen-bond acceptors (Lipinski definition) is 5. The van der Waals surface area contributed by atoms with Gasteiger partial charge in [-0.1, -0.05) is 60.6 Å². The first-order chi connectivity index (χ1) is 13.1. The van der Waals surface area contributed by atoms with E-state index < -0.39 is 5.97 Å². The number of esters is 1. The molecule has 0 fully saturated rings. The van der Waals surface area contributed by atoms with Crippen LogP contribution in [-0.4, -0.2) is 29.4 Å². The van der Waals surface area contributed by atoms with Gasteiger partial charge in [-0.2, -0.15) is 0 Å². The predicted molar refractivity (Wildman–Crippen MR) is 102 cm³/mol. The van der Waals surface area contributed by atoms with Crippen molar-refractivity contribution < 1.29 is 24.3 Å². The monoisotopic (exact) mass is 369 g/mol. The maximum atomic E-state index is 11.4. The molecule has 1 atom stereocenters. The Hall–Kier alpha value is -3.15. The van der Waals surface area contributed by atoms with Crippen molar-refractivity contribution in [1.82, 2.24) is 0 Å². The summed E-state index contributed by atoms with van der Waals surface area (Å²) in [5.74, 6) is -1.23. The molecule has 0 aromatic heterocycles. The van der Waals surface area contributed by atoms with Gasteiger partial charge in [0.1, 0.15) is 0 Å². The van der Waals surface area contributed by atoms with Gasteiger partial charge in [-0.3, -0.25) is 0 Å². The standard InChI is InChI=1S/C12H13NO3.C9H10O2/c1-2-15-12(14)10-8-11(16-13-10)9-6-4-3-5-7-9;1-2-7-5-3-4-6-8(7)9(10)11/h3-7,11H,2,8H2,1H3;3-6H,2H2,1H3,(H,10,11). The minimum Gasteiger partial charge on any atom is -0.478 e. The zero-order valence-corrected chi connectivity index (χ0v) is 15.4. The molecule has 3 rings (SSSR count). The Bertz CT molecular complexity index is 801. The van der Waals surface area contributed by atoms with Crippen LogP contribution >= 0.6 is 0 Å². The highest BCUT2D eigenvalue weighted by Crippen LogP contribution is 2.27. The number of rotatable bonds is 5. The van der Waals surface area contributed by atoms with Crippen LogP contribution in [0.25, 0.3) is 0 Å². The Morgan fingerprint density at radius 1 is 1.11 bits per heavy atom. The van der Waals surface area contributed by atoms with Crippen LogP contribution in [0.1, 0.15) is 47.9 Å². The number of aromatic carboxylic acids is 1. The van der Waals surface area contributed by atoms with Crippen molar-refractivity contribution in [2.75, 3.05) is 6.61 Å². The van der Waals surface area contributed by atoms with Crippen molar-refractivity contribution in [3.05, 3.63) is 71.3 Å². The summed E-state index contributed by atoms with van der Waals surface area (Å²) < 4.78 is 4.86. The Kier molecular flexibility index (Phi) is 7.55. The second-order valence-corrected chi connectivity index (χ2v) is 5.78. The van der Waals surface area contributed by atoms with Gasteiger partial charge in [0.05, 0.1) is 12.2 Å². The van der Waals surface area contributed by atoms with Crippen molar-refractivity contribution in [3.63, 3.8) is 0 Å². The SMILES string of the molecule is CCOC(=O)C1=NOC(c2ccccc2)C1.CCc1ccccc1C(=O)O. The molecule has 1 aliphatic heterocycles. The molecule has 2 aromatic carbocycles. The highest BCUT2D eigenvalue weighted by Gasteiger charge is 2.27. The number of aryl methyl sites for hydroxylation is 1. The molecule has 142 valence electrons. The summed E-state index contributed by atoms with van der Waals surface area (Å²) in [7, 11) is 0. The third-order valence-electron chi connectivity index (χ3n) is 3.98. The van der Waals surface area contributed by atoms with Gasteiger partial charge in [0, 0.05) is 6.42 Å². The molecule has 27 heavy (non-hydrogen) atoms. The van der Waals surface area contributed by atoms with Crippen molar-refractivity contribution in [2.24, 2.45) is 5.16 Å². The van der Waals surface area contributed by atoms with Crippen molar-refractivity contribution >= 4 is 17.7 Å². The Balaban J connectivity index is 0.000000208. The van der Waals surface area contributed by atoms with Crippen LogP contribution in [0.4, 0.5) is 0 Å². The van der Waals surface area contributed by atoms with Crippen molar-refractivity contribution in [1.29, 1.82) is 0 Å². The minimum atomic E-state index is -0.845. The van der Waals surface area contributed by atoms with Crippen LogP contribution in [-0.2, 0) is 20.8 Å². The minimum absolute atomic E-state index is 0.166. The normalized spacial score (nSPS) is 15.0. The Morgan fingerprint density at radius 3 is 2.37 bits per heavy atom. The molecule has 1 aliphatic rings. The zero-order chi connectivity index (χ0) is 19.6. The van der Waals surface area contributed by atoms with Crippen LogP contribution in [0.15, 0.2) is 59.8 Å². The predicted octanol–water partition coefficient (Wildman–Crippen LogP) is 4.01. The zero-order valence-electron chi connectivity index (χ0n) is 15.4. The van der Waals surface area contributed by atoms with E-state index in [4.69, 9.17) is 14.7 Å². The smallest absolute Gasteiger partial charge is 0.356 e. The fourth-order valence-electron chi connectivity index (χ4n) is 2.60. The number of carbonyl (C=O) groups is 2. The summed E-state index contributed by atoms with van der Waals surface area (Å²) in [4.78, 5) is 27.2. The van der Waals surface area contributed by atoms with E-state index in [0.717, 1.165) is 17.5 Å². The first-order valence-electron chi connectivity index (χ1n) is 8.82. The molecule has 0 spiro atoms. The quantitative estimate of drug-likeness (QED) is 0.805. The molecule has 0 saturated carbocycles. The molecule has 6 heteroatoms. The largest absolute Gasteiger partial charge is 0.478 e. The lowest BCUT2D eigenvalue weighted by Gasteiger charge is -2.07. The molecule has 0 amide bonds. The third kappa shape index (κ3) is 5.67. The van der Waals surface area contributed by atoms with E-state index in [-0.39, 0.29) is 12.1 Å². The summed E-state index contributed by atoms with van der Waals surface area (Å²) in [6.07, 6.45) is 1.08. The number of nitrogens with zero attached hydrogens (tertiary/aromatic N) is 1. The Labute approximate surface area is 158 Å². The fourth-order valence-corrected chi connectivity index (χ4v) is 2.60. The van der Waals surface area contributed by atoms with E-state index in [9.17, 15) is 9.59 Å². The summed E-state index contributed by atoms with van der Waals surface area (Å²) in [6, 6.07) is 16.8. The first kappa shape index (κ1) is 20.2. The molecule has 0 aliphatic carbocycles. The van der Waals surface area contributed by atoms with E-state index in [0.29, 0.717) is 24.3 Å². The summed E-state index contributed by atoms with van der Waals surface area (Å²) in [5.41, 5.74) is 2.68. The molecule has 1 N–H and O–H groups in total. The number of carboxylic acids is 1. The average Bonchev–Trinajstić information content (AvgIpc) is 3.20. The third-order valence-corrected chi connectivity index (χ3v) is 3.98. The van der Waals surface area contributed by atoms with Gasteiger partial charge in [-0.05, 0) is 30.5 Å². The lowest BCUT2D eigenvalue weighted by molar-refractivity contribution is -0.135. The summed E-state index contributed by atoms with van der Waals surface area (Å²) in [6.45, 7) is 4.07. The summed E-state index contributed by atoms with van der Waals surface area (Å²) in [5, 5.41) is 12.5. The molecule has 0 radical (unpaired) electrons. The van der Waals surface area contributed by atoms with Crippen LogP contribution in [0.2, 0.25) is 0 Å². The topological polar surface area (TPSA) is 85.2 Å². The molecular formula is C21H23NO5. The second-order valence-electron chi connectivity index (χ2n) is 5.78. The molecular weight excluding hydrogens is 346 g/mol. The van der Waals surface area contributed by atoms with Gasteiger partial charge < -0.3 is 14.7 Å². The average molecular weight is 369 g/mol. The first-order valence-corrected chi connectivity index (χ1v) is 8.82. The molecule has 0 bridgehead atoms. The maximum absolute atomic E-state index is 11.4. The number of hydrogen-bond donors (Lipinski definition) is 1.